The number of piperidine rings is 1. The molecular formula is C20H28FN5O2S. The van der Waals surface area contributed by atoms with Gasteiger partial charge < -0.3 is 14.5 Å². The zero-order valence-corrected chi connectivity index (χ0v) is 18.3. The van der Waals surface area contributed by atoms with E-state index in [2.05, 4.69) is 10.3 Å². The number of thioether (sulfide) groups is 1. The molecule has 2 rings (SSSR count). The number of benzene rings is 1. The Morgan fingerprint density at radius 2 is 2.07 bits per heavy atom. The van der Waals surface area contributed by atoms with Gasteiger partial charge in [-0.25, -0.2) is 14.2 Å². The van der Waals surface area contributed by atoms with Crippen molar-refractivity contribution in [2.75, 3.05) is 31.3 Å². The summed E-state index contributed by atoms with van der Waals surface area (Å²) in [5.74, 6) is -0.374. The molecule has 0 radical (unpaired) electrons. The lowest BCUT2D eigenvalue weighted by atomic mass is 10.0. The first-order valence-corrected chi connectivity index (χ1v) is 10.6. The number of hydrogen-bond donors (Lipinski definition) is 1. The molecule has 1 aliphatic rings. The maximum atomic E-state index is 14.7. The first-order valence-electron chi connectivity index (χ1n) is 9.42. The van der Waals surface area contributed by atoms with Crippen LogP contribution in [0.25, 0.3) is 0 Å². The fourth-order valence-electron chi connectivity index (χ4n) is 3.10. The number of carbonyl (C=O) groups is 1. The molecule has 1 N–H and O–H groups in total. The van der Waals surface area contributed by atoms with Gasteiger partial charge in [-0.05, 0) is 52.0 Å². The van der Waals surface area contributed by atoms with Gasteiger partial charge in [-0.2, -0.15) is 5.26 Å². The van der Waals surface area contributed by atoms with Gasteiger partial charge in [0.25, 0.3) is 0 Å². The lowest BCUT2D eigenvalue weighted by molar-refractivity contribution is 0.0205. The molecule has 1 aromatic carbocycles. The molecule has 1 saturated heterocycles. The second kappa shape index (κ2) is 9.83. The summed E-state index contributed by atoms with van der Waals surface area (Å²) in [5, 5.41) is 11.6. The van der Waals surface area contributed by atoms with Gasteiger partial charge in [-0.3, -0.25) is 5.32 Å². The number of amides is 1. The Labute approximate surface area is 175 Å². The Morgan fingerprint density at radius 1 is 1.41 bits per heavy atom. The second-order valence-electron chi connectivity index (χ2n) is 7.80. The number of aliphatic imine (C=N–C) groups is 1. The molecule has 29 heavy (non-hydrogen) atoms. The highest BCUT2D eigenvalue weighted by Gasteiger charge is 2.29. The Morgan fingerprint density at radius 3 is 2.59 bits per heavy atom. The van der Waals surface area contributed by atoms with Gasteiger partial charge in [-0.1, -0.05) is 11.8 Å². The average Bonchev–Trinajstić information content (AvgIpc) is 2.66. The molecule has 1 aliphatic heterocycles. The summed E-state index contributed by atoms with van der Waals surface area (Å²) in [5.41, 5.74) is 0.405. The summed E-state index contributed by atoms with van der Waals surface area (Å²) in [6, 6.07) is 4.90. The summed E-state index contributed by atoms with van der Waals surface area (Å²) in [7, 11) is 1.86. The van der Waals surface area contributed by atoms with Crippen LogP contribution in [0.1, 0.15) is 33.6 Å². The SMILES string of the molecule is CSC(=Nc1ccc(N(C)C2CCN(C(=O)OC(C)(C)C)CC2)c(F)c1)NC#N. The van der Waals surface area contributed by atoms with Crippen LogP contribution in [-0.2, 0) is 4.74 Å². The van der Waals surface area contributed by atoms with E-state index in [1.54, 1.807) is 23.3 Å². The van der Waals surface area contributed by atoms with E-state index in [9.17, 15) is 9.18 Å². The van der Waals surface area contributed by atoms with Gasteiger partial charge >= 0.3 is 6.09 Å². The topological polar surface area (TPSA) is 81.0 Å². The molecule has 158 valence electrons. The quantitative estimate of drug-likeness (QED) is 0.343. The number of amidine groups is 1. The molecule has 1 aromatic rings. The molecule has 0 bridgehead atoms. The molecule has 0 aliphatic carbocycles. The lowest BCUT2D eigenvalue weighted by Crippen LogP contribution is -2.47. The average molecular weight is 422 g/mol. The van der Waals surface area contributed by atoms with Crippen molar-refractivity contribution in [2.24, 2.45) is 4.99 Å². The van der Waals surface area contributed by atoms with Crippen molar-refractivity contribution < 1.29 is 13.9 Å². The fourth-order valence-corrected chi connectivity index (χ4v) is 3.44. The van der Waals surface area contributed by atoms with Gasteiger partial charge in [0, 0.05) is 32.2 Å². The summed E-state index contributed by atoms with van der Waals surface area (Å²) in [6.45, 7) is 6.69. The second-order valence-corrected chi connectivity index (χ2v) is 8.60. The van der Waals surface area contributed by atoms with Crippen molar-refractivity contribution in [2.45, 2.75) is 45.3 Å². The summed E-state index contributed by atoms with van der Waals surface area (Å²) in [4.78, 5) is 20.0. The molecule has 0 atom stereocenters. The van der Waals surface area contributed by atoms with Crippen LogP contribution in [0.15, 0.2) is 23.2 Å². The van der Waals surface area contributed by atoms with E-state index in [0.29, 0.717) is 29.6 Å². The highest BCUT2D eigenvalue weighted by atomic mass is 32.2. The van der Waals surface area contributed by atoms with E-state index < -0.39 is 5.60 Å². The smallest absolute Gasteiger partial charge is 0.410 e. The molecule has 1 fully saturated rings. The standard InChI is InChI=1S/C20H28FN5O2S/c1-20(2,3)28-19(27)26-10-8-15(9-11-26)25(4)17-7-6-14(12-16(17)21)24-18(29-5)23-13-22/h6-7,12,15H,8-11H2,1-5H3,(H,23,24). The number of rotatable bonds is 3. The Balaban J connectivity index is 2.02. The minimum absolute atomic E-state index is 0.125. The molecule has 9 heteroatoms. The normalized spacial score (nSPS) is 15.6. The van der Waals surface area contributed by atoms with Crippen molar-refractivity contribution >= 4 is 34.4 Å². The Hall–Kier alpha value is -2.47. The summed E-state index contributed by atoms with van der Waals surface area (Å²) >= 11 is 1.28. The van der Waals surface area contributed by atoms with E-state index in [4.69, 9.17) is 10.00 Å². The first-order chi connectivity index (χ1) is 13.6. The number of nitriles is 1. The van der Waals surface area contributed by atoms with Crippen LogP contribution in [0.2, 0.25) is 0 Å². The molecule has 0 spiro atoms. The van der Waals surface area contributed by atoms with Crippen LogP contribution in [0.4, 0.5) is 20.6 Å². The zero-order chi connectivity index (χ0) is 21.6. The van der Waals surface area contributed by atoms with Gasteiger partial charge in [0.15, 0.2) is 11.4 Å². The van der Waals surface area contributed by atoms with Crippen LogP contribution in [0.5, 0.6) is 0 Å². The Bertz CT molecular complexity index is 795. The number of likely N-dealkylation sites (tertiary alicyclic amines) is 1. The third kappa shape index (κ3) is 6.53. The van der Waals surface area contributed by atoms with E-state index in [-0.39, 0.29) is 18.0 Å². The van der Waals surface area contributed by atoms with E-state index in [0.717, 1.165) is 12.8 Å². The van der Waals surface area contributed by atoms with Gasteiger partial charge in [-0.15, -0.1) is 0 Å². The monoisotopic (exact) mass is 421 g/mol. The summed E-state index contributed by atoms with van der Waals surface area (Å²) in [6.07, 6.45) is 4.76. The van der Waals surface area contributed by atoms with Crippen LogP contribution in [0, 0.1) is 17.3 Å². The van der Waals surface area contributed by atoms with E-state index in [1.165, 1.54) is 17.8 Å². The molecule has 0 saturated carbocycles. The third-order valence-electron chi connectivity index (χ3n) is 4.56. The van der Waals surface area contributed by atoms with Crippen LogP contribution < -0.4 is 10.2 Å². The van der Waals surface area contributed by atoms with Crippen molar-refractivity contribution in [1.29, 1.82) is 5.26 Å². The largest absolute Gasteiger partial charge is 0.444 e. The van der Waals surface area contributed by atoms with Crippen molar-refractivity contribution in [1.82, 2.24) is 10.2 Å². The number of hydrogen-bond acceptors (Lipinski definition) is 6. The minimum atomic E-state index is -0.517. The van der Waals surface area contributed by atoms with E-state index >= 15 is 0 Å². The zero-order valence-electron chi connectivity index (χ0n) is 17.5. The molecular weight excluding hydrogens is 393 g/mol. The number of nitrogens with zero attached hydrogens (tertiary/aromatic N) is 4. The molecule has 7 nitrogen and oxygen atoms in total. The van der Waals surface area contributed by atoms with E-state index in [1.807, 2.05) is 38.9 Å². The van der Waals surface area contributed by atoms with Gasteiger partial charge in [0.1, 0.15) is 11.4 Å². The fraction of sp³-hybridized carbons (Fsp3) is 0.550. The van der Waals surface area contributed by atoms with Crippen LogP contribution in [-0.4, -0.2) is 54.2 Å². The van der Waals surface area contributed by atoms with Crippen LogP contribution in [0.3, 0.4) is 0 Å². The highest BCUT2D eigenvalue weighted by Crippen LogP contribution is 2.28. The highest BCUT2D eigenvalue weighted by molar-refractivity contribution is 8.13. The molecule has 1 amide bonds. The number of ether oxygens (including phenoxy) is 1. The molecule has 0 unspecified atom stereocenters. The predicted octanol–water partition coefficient (Wildman–Crippen LogP) is 4.08. The third-order valence-corrected chi connectivity index (χ3v) is 5.14. The number of anilines is 1. The number of carbonyl (C=O) groups excluding carboxylic acids is 1. The lowest BCUT2D eigenvalue weighted by Gasteiger charge is -2.38. The van der Waals surface area contributed by atoms with Crippen molar-refractivity contribution in [3.8, 4) is 6.19 Å². The summed E-state index contributed by atoms with van der Waals surface area (Å²) < 4.78 is 20.1. The minimum Gasteiger partial charge on any atom is -0.444 e. The first kappa shape index (κ1) is 22.8. The Kier molecular flexibility index (Phi) is 7.73. The van der Waals surface area contributed by atoms with Crippen molar-refractivity contribution in [3.05, 3.63) is 24.0 Å². The van der Waals surface area contributed by atoms with Crippen molar-refractivity contribution in [3.63, 3.8) is 0 Å². The number of halogens is 1. The van der Waals surface area contributed by atoms with Crippen LogP contribution >= 0.6 is 11.8 Å². The van der Waals surface area contributed by atoms with Gasteiger partial charge in [0.05, 0.1) is 11.4 Å². The maximum Gasteiger partial charge on any atom is 0.410 e. The van der Waals surface area contributed by atoms with Gasteiger partial charge in [0.2, 0.25) is 0 Å². The number of nitrogens with one attached hydrogen (secondary N) is 1. The molecule has 0 aromatic heterocycles. The molecule has 1 heterocycles. The predicted molar refractivity (Wildman–Crippen MR) is 115 cm³/mol. The maximum absolute atomic E-state index is 14.7.